The van der Waals surface area contributed by atoms with Crippen LogP contribution in [0.5, 0.6) is 5.75 Å². The standard InChI is InChI=1S/C18H19NO6S/c1-4-24-17(20)13-8-10-15(11-9-13)25-18(21)14-6-5-7-16(12-14)26(22,23)19(2)3/h5-12H,4H2,1-3H3. The van der Waals surface area contributed by atoms with Crippen molar-refractivity contribution in [1.82, 2.24) is 4.31 Å². The third-order valence-corrected chi connectivity index (χ3v) is 5.24. The molecule has 2 aromatic carbocycles. The van der Waals surface area contributed by atoms with Crippen molar-refractivity contribution in [2.75, 3.05) is 20.7 Å². The molecule has 0 atom stereocenters. The number of hydrogen-bond acceptors (Lipinski definition) is 6. The van der Waals surface area contributed by atoms with Gasteiger partial charge in [0.05, 0.1) is 22.6 Å². The van der Waals surface area contributed by atoms with Crippen molar-refractivity contribution in [3.05, 3.63) is 59.7 Å². The molecule has 0 aliphatic rings. The minimum absolute atomic E-state index is 0.00499. The van der Waals surface area contributed by atoms with Crippen molar-refractivity contribution in [2.45, 2.75) is 11.8 Å². The number of rotatable bonds is 6. The van der Waals surface area contributed by atoms with E-state index >= 15 is 0 Å². The van der Waals surface area contributed by atoms with Crippen LogP contribution in [0.25, 0.3) is 0 Å². The molecule has 0 unspecified atom stereocenters. The smallest absolute Gasteiger partial charge is 0.343 e. The van der Waals surface area contributed by atoms with Crippen LogP contribution in [0.4, 0.5) is 0 Å². The van der Waals surface area contributed by atoms with Crippen molar-refractivity contribution in [1.29, 1.82) is 0 Å². The summed E-state index contributed by atoms with van der Waals surface area (Å²) in [5.74, 6) is -0.944. The molecule has 138 valence electrons. The Morgan fingerprint density at radius 2 is 1.62 bits per heavy atom. The van der Waals surface area contributed by atoms with Crippen LogP contribution in [0, 0.1) is 0 Å². The highest BCUT2D eigenvalue weighted by Crippen LogP contribution is 2.18. The van der Waals surface area contributed by atoms with Gasteiger partial charge in [0.1, 0.15) is 5.75 Å². The molecular weight excluding hydrogens is 358 g/mol. The van der Waals surface area contributed by atoms with Gasteiger partial charge in [-0.25, -0.2) is 22.3 Å². The molecule has 2 rings (SSSR count). The van der Waals surface area contributed by atoms with Gasteiger partial charge in [-0.05, 0) is 49.4 Å². The first kappa shape index (κ1) is 19.6. The molecule has 0 radical (unpaired) electrons. The van der Waals surface area contributed by atoms with Crippen LogP contribution in [-0.2, 0) is 14.8 Å². The van der Waals surface area contributed by atoms with Gasteiger partial charge in [0.2, 0.25) is 10.0 Å². The van der Waals surface area contributed by atoms with E-state index in [-0.39, 0.29) is 22.8 Å². The Kier molecular flexibility index (Phi) is 6.12. The highest BCUT2D eigenvalue weighted by molar-refractivity contribution is 7.89. The molecule has 0 fully saturated rings. The summed E-state index contributed by atoms with van der Waals surface area (Å²) in [5, 5.41) is 0. The average Bonchev–Trinajstić information content (AvgIpc) is 2.62. The Hall–Kier alpha value is -2.71. The lowest BCUT2D eigenvalue weighted by Crippen LogP contribution is -2.22. The zero-order valence-electron chi connectivity index (χ0n) is 14.6. The lowest BCUT2D eigenvalue weighted by Gasteiger charge is -2.12. The largest absolute Gasteiger partial charge is 0.462 e. The van der Waals surface area contributed by atoms with Crippen molar-refractivity contribution in [3.8, 4) is 5.75 Å². The quantitative estimate of drug-likeness (QED) is 0.567. The molecule has 0 amide bonds. The average molecular weight is 377 g/mol. The number of carbonyl (C=O) groups is 2. The van der Waals surface area contributed by atoms with Crippen LogP contribution in [0.1, 0.15) is 27.6 Å². The van der Waals surface area contributed by atoms with Crippen molar-refractivity contribution < 1.29 is 27.5 Å². The molecule has 2 aromatic rings. The normalized spacial score (nSPS) is 11.2. The van der Waals surface area contributed by atoms with Gasteiger partial charge in [0.25, 0.3) is 0 Å². The summed E-state index contributed by atoms with van der Waals surface area (Å²) in [5.41, 5.74) is 0.438. The van der Waals surface area contributed by atoms with Crippen molar-refractivity contribution in [2.24, 2.45) is 0 Å². The minimum atomic E-state index is -3.65. The highest BCUT2D eigenvalue weighted by Gasteiger charge is 2.19. The summed E-state index contributed by atoms with van der Waals surface area (Å²) >= 11 is 0. The maximum absolute atomic E-state index is 12.3. The maximum atomic E-state index is 12.3. The molecule has 7 nitrogen and oxygen atoms in total. The molecule has 0 aliphatic carbocycles. The van der Waals surface area contributed by atoms with Crippen LogP contribution in [0.15, 0.2) is 53.4 Å². The lowest BCUT2D eigenvalue weighted by molar-refractivity contribution is 0.0526. The monoisotopic (exact) mass is 377 g/mol. The first-order valence-electron chi connectivity index (χ1n) is 7.77. The second-order valence-corrected chi connectivity index (χ2v) is 7.60. The van der Waals surface area contributed by atoms with E-state index < -0.39 is 22.0 Å². The molecular formula is C18H19NO6S. The Morgan fingerprint density at radius 3 is 2.19 bits per heavy atom. The van der Waals surface area contributed by atoms with Gasteiger partial charge in [-0.1, -0.05) is 6.07 Å². The van der Waals surface area contributed by atoms with Crippen LogP contribution in [-0.4, -0.2) is 45.4 Å². The highest BCUT2D eigenvalue weighted by atomic mass is 32.2. The summed E-state index contributed by atoms with van der Waals surface area (Å²) in [6.45, 7) is 1.97. The zero-order valence-corrected chi connectivity index (χ0v) is 15.4. The van der Waals surface area contributed by atoms with Crippen molar-refractivity contribution >= 4 is 22.0 Å². The maximum Gasteiger partial charge on any atom is 0.343 e. The van der Waals surface area contributed by atoms with Gasteiger partial charge in [0, 0.05) is 14.1 Å². The predicted octanol–water partition coefficient (Wildman–Crippen LogP) is 2.33. The SMILES string of the molecule is CCOC(=O)c1ccc(OC(=O)c2cccc(S(=O)(=O)N(C)C)c2)cc1. The Morgan fingerprint density at radius 1 is 0.962 bits per heavy atom. The molecule has 0 heterocycles. The first-order chi connectivity index (χ1) is 12.3. The van der Waals surface area contributed by atoms with Gasteiger partial charge < -0.3 is 9.47 Å². The molecule has 0 bridgehead atoms. The number of hydrogen-bond donors (Lipinski definition) is 0. The second kappa shape index (κ2) is 8.11. The zero-order chi connectivity index (χ0) is 19.3. The van der Waals surface area contributed by atoms with Crippen LogP contribution in [0.3, 0.4) is 0 Å². The van der Waals surface area contributed by atoms with Gasteiger partial charge >= 0.3 is 11.9 Å². The lowest BCUT2D eigenvalue weighted by atomic mass is 10.2. The third kappa shape index (κ3) is 4.47. The molecule has 0 aliphatic heterocycles. The summed E-state index contributed by atoms with van der Waals surface area (Å²) < 4.78 is 35.5. The number of benzene rings is 2. The molecule has 0 saturated carbocycles. The molecule has 0 spiro atoms. The van der Waals surface area contributed by atoms with Crippen LogP contribution in [0.2, 0.25) is 0 Å². The van der Waals surface area contributed by atoms with E-state index in [1.54, 1.807) is 6.92 Å². The van der Waals surface area contributed by atoms with E-state index in [1.165, 1.54) is 62.6 Å². The summed E-state index contributed by atoms with van der Waals surface area (Å²) in [6, 6.07) is 11.5. The first-order valence-corrected chi connectivity index (χ1v) is 9.21. The Bertz CT molecular complexity index is 904. The number of ether oxygens (including phenoxy) is 2. The fourth-order valence-corrected chi connectivity index (χ4v) is 2.98. The number of nitrogens with zero attached hydrogens (tertiary/aromatic N) is 1. The summed E-state index contributed by atoms with van der Waals surface area (Å²) in [6.07, 6.45) is 0. The van der Waals surface area contributed by atoms with Gasteiger partial charge in [-0.2, -0.15) is 0 Å². The van der Waals surface area contributed by atoms with E-state index in [1.807, 2.05) is 0 Å². The number of esters is 2. The van der Waals surface area contributed by atoms with Crippen LogP contribution < -0.4 is 4.74 Å². The Labute approximate surface area is 152 Å². The van der Waals surface area contributed by atoms with Gasteiger partial charge in [-0.3, -0.25) is 0 Å². The van der Waals surface area contributed by atoms with E-state index in [2.05, 4.69) is 0 Å². The van der Waals surface area contributed by atoms with E-state index in [0.29, 0.717) is 5.56 Å². The topological polar surface area (TPSA) is 90.0 Å². The van der Waals surface area contributed by atoms with E-state index in [9.17, 15) is 18.0 Å². The number of sulfonamides is 1. The van der Waals surface area contributed by atoms with Gasteiger partial charge in [-0.15, -0.1) is 0 Å². The van der Waals surface area contributed by atoms with E-state index in [0.717, 1.165) is 4.31 Å². The van der Waals surface area contributed by atoms with E-state index in [4.69, 9.17) is 9.47 Å². The predicted molar refractivity (Wildman–Crippen MR) is 94.7 cm³/mol. The summed E-state index contributed by atoms with van der Waals surface area (Å²) in [4.78, 5) is 23.9. The Balaban J connectivity index is 2.17. The molecule has 0 N–H and O–H groups in total. The fourth-order valence-electron chi connectivity index (χ4n) is 2.03. The molecule has 0 aromatic heterocycles. The molecule has 26 heavy (non-hydrogen) atoms. The minimum Gasteiger partial charge on any atom is -0.462 e. The molecule has 0 saturated heterocycles. The third-order valence-electron chi connectivity index (χ3n) is 3.42. The van der Waals surface area contributed by atoms with Gasteiger partial charge in [0.15, 0.2) is 0 Å². The van der Waals surface area contributed by atoms with Crippen LogP contribution >= 0.6 is 0 Å². The fraction of sp³-hybridized carbons (Fsp3) is 0.222. The second-order valence-electron chi connectivity index (χ2n) is 5.45. The summed E-state index contributed by atoms with van der Waals surface area (Å²) in [7, 11) is -0.836. The molecule has 8 heteroatoms. The number of carbonyl (C=O) groups excluding carboxylic acids is 2. The van der Waals surface area contributed by atoms with Crippen molar-refractivity contribution in [3.63, 3.8) is 0 Å².